The highest BCUT2D eigenvalue weighted by molar-refractivity contribution is 6.76. The van der Waals surface area contributed by atoms with Crippen molar-refractivity contribution in [3.63, 3.8) is 0 Å². The van der Waals surface area contributed by atoms with Crippen molar-refractivity contribution in [1.82, 2.24) is 14.3 Å². The van der Waals surface area contributed by atoms with Gasteiger partial charge in [0.15, 0.2) is 0 Å². The van der Waals surface area contributed by atoms with Gasteiger partial charge in [-0.15, -0.1) is 0 Å². The molecule has 4 aromatic rings. The fourth-order valence-corrected chi connectivity index (χ4v) is 7.50. The van der Waals surface area contributed by atoms with Crippen molar-refractivity contribution in [2.45, 2.75) is 111 Å². The van der Waals surface area contributed by atoms with Gasteiger partial charge in [0.1, 0.15) is 19.2 Å². The quantitative estimate of drug-likeness (QED) is 0.0703. The Hall–Kier alpha value is -2.74. The van der Waals surface area contributed by atoms with Gasteiger partial charge in [0.25, 0.3) is 0 Å². The molecule has 1 aliphatic rings. The first-order valence-corrected chi connectivity index (χ1v) is 24.6. The Bertz CT molecular complexity index is 1620. The molecule has 0 aliphatic heterocycles. The van der Waals surface area contributed by atoms with Gasteiger partial charge in [-0.2, -0.15) is 5.10 Å². The average molecular weight is 677 g/mol. The highest BCUT2D eigenvalue weighted by Crippen LogP contribution is 2.40. The second-order valence-electron chi connectivity index (χ2n) is 16.3. The number of rotatable bonds is 16. The zero-order chi connectivity index (χ0) is 33.8. The summed E-state index contributed by atoms with van der Waals surface area (Å²) in [4.78, 5) is 0. The van der Waals surface area contributed by atoms with Gasteiger partial charge < -0.3 is 29.2 Å². The molecule has 2 aromatic heterocycles. The predicted molar refractivity (Wildman–Crippen MR) is 198 cm³/mol. The summed E-state index contributed by atoms with van der Waals surface area (Å²) in [6.45, 7) is 21.7. The zero-order valence-corrected chi connectivity index (χ0v) is 31.9. The van der Waals surface area contributed by atoms with Crippen molar-refractivity contribution in [1.29, 1.82) is 0 Å². The van der Waals surface area contributed by atoms with Crippen LogP contribution in [0.5, 0.6) is 0 Å². The Morgan fingerprint density at radius 2 is 1.60 bits per heavy atom. The highest BCUT2D eigenvalue weighted by Gasteiger charge is 2.32. The van der Waals surface area contributed by atoms with Gasteiger partial charge in [0.2, 0.25) is 6.41 Å². The first kappa shape index (κ1) is 35.6. The van der Waals surface area contributed by atoms with Gasteiger partial charge in [-0.05, 0) is 60.5 Å². The van der Waals surface area contributed by atoms with Crippen LogP contribution < -0.4 is 5.32 Å². The molecule has 2 N–H and O–H groups in total. The van der Waals surface area contributed by atoms with E-state index in [9.17, 15) is 5.11 Å². The minimum absolute atomic E-state index is 0.219. The van der Waals surface area contributed by atoms with Crippen molar-refractivity contribution in [3.05, 3.63) is 71.4 Å². The Kier molecular flexibility index (Phi) is 11.2. The molecule has 0 amide bonds. The molecule has 0 saturated heterocycles. The molecule has 0 saturated carbocycles. The van der Waals surface area contributed by atoms with Crippen LogP contribution in [-0.2, 0) is 47.1 Å². The molecule has 2 aromatic carbocycles. The first-order chi connectivity index (χ1) is 22.2. The summed E-state index contributed by atoms with van der Waals surface area (Å²) in [5.41, 5.74) is 7.73. The number of benzene rings is 2. The normalized spacial score (nSPS) is 15.6. The molecule has 0 bridgehead atoms. The van der Waals surface area contributed by atoms with Crippen LogP contribution in [0.3, 0.4) is 0 Å². The van der Waals surface area contributed by atoms with Crippen molar-refractivity contribution < 1.29 is 19.3 Å². The number of hydrogen-bond acceptors (Lipinski definition) is 6. The second-order valence-corrected chi connectivity index (χ2v) is 27.6. The largest absolute Gasteiger partial charge is 0.361 e. The molecular weight excluding hydrogens is 621 g/mol. The topological polar surface area (TPSA) is 82.7 Å². The Morgan fingerprint density at radius 3 is 2.28 bits per heavy atom. The van der Waals surface area contributed by atoms with Crippen LogP contribution in [0.25, 0.3) is 22.3 Å². The van der Waals surface area contributed by atoms with E-state index < -0.39 is 22.6 Å². The molecule has 10 heteroatoms. The summed E-state index contributed by atoms with van der Waals surface area (Å²) in [7, 11) is -2.42. The minimum atomic E-state index is -1.24. The maximum atomic E-state index is 10.7. The molecule has 2 heterocycles. The molecule has 1 aliphatic carbocycles. The van der Waals surface area contributed by atoms with Crippen molar-refractivity contribution in [2.24, 2.45) is 5.41 Å². The lowest BCUT2D eigenvalue weighted by Crippen LogP contribution is -2.25. The van der Waals surface area contributed by atoms with Gasteiger partial charge >= 0.3 is 0 Å². The van der Waals surface area contributed by atoms with Crippen molar-refractivity contribution in [2.75, 3.05) is 18.5 Å². The maximum absolute atomic E-state index is 10.7. The molecule has 0 radical (unpaired) electrons. The third-order valence-corrected chi connectivity index (χ3v) is 12.4. The van der Waals surface area contributed by atoms with E-state index in [1.54, 1.807) is 0 Å². The number of anilines is 1. The SMILES string of the molecule is CC1(C)CCc2c(-c3cc4ccc(NC(O)OCc5ccccc5)cc4n3COCC[Si](C)(C)C)nn(COCC[Si](C)(C)C)c2C1. The lowest BCUT2D eigenvalue weighted by Gasteiger charge is -2.30. The number of hydrogen-bond donors (Lipinski definition) is 2. The van der Waals surface area contributed by atoms with Crippen LogP contribution in [0, 0.1) is 5.41 Å². The number of fused-ring (bicyclic) bond motifs is 2. The van der Waals surface area contributed by atoms with Gasteiger partial charge in [-0.3, -0.25) is 0 Å². The molecule has 1 atom stereocenters. The van der Waals surface area contributed by atoms with E-state index in [2.05, 4.69) is 85.9 Å². The van der Waals surface area contributed by atoms with Gasteiger partial charge in [-0.25, -0.2) is 4.68 Å². The molecule has 256 valence electrons. The van der Waals surface area contributed by atoms with Crippen LogP contribution in [0.15, 0.2) is 54.6 Å². The van der Waals surface area contributed by atoms with E-state index in [-0.39, 0.29) is 5.41 Å². The van der Waals surface area contributed by atoms with Gasteiger partial charge in [-0.1, -0.05) is 89.5 Å². The molecule has 8 nitrogen and oxygen atoms in total. The van der Waals surface area contributed by atoms with Gasteiger partial charge in [0.05, 0.1) is 17.8 Å². The van der Waals surface area contributed by atoms with E-state index in [4.69, 9.17) is 19.3 Å². The van der Waals surface area contributed by atoms with E-state index in [0.717, 1.165) is 78.1 Å². The summed E-state index contributed by atoms with van der Waals surface area (Å²) >= 11 is 0. The van der Waals surface area contributed by atoms with Gasteiger partial charge in [0, 0.05) is 51.7 Å². The maximum Gasteiger partial charge on any atom is 0.235 e. The first-order valence-electron chi connectivity index (χ1n) is 17.2. The number of ether oxygens (including phenoxy) is 3. The third kappa shape index (κ3) is 9.90. The Labute approximate surface area is 283 Å². The number of nitrogens with one attached hydrogen (secondary N) is 1. The second kappa shape index (κ2) is 14.8. The summed E-state index contributed by atoms with van der Waals surface area (Å²) in [5, 5.41) is 20.2. The minimum Gasteiger partial charge on any atom is -0.361 e. The lowest BCUT2D eigenvalue weighted by molar-refractivity contribution is -0.0871. The Morgan fingerprint density at radius 1 is 0.915 bits per heavy atom. The summed E-state index contributed by atoms with van der Waals surface area (Å²) in [6.07, 6.45) is 1.95. The van der Waals surface area contributed by atoms with E-state index in [1.807, 2.05) is 36.4 Å². The van der Waals surface area contributed by atoms with Crippen LogP contribution in [0.2, 0.25) is 51.4 Å². The smallest absolute Gasteiger partial charge is 0.235 e. The molecule has 5 rings (SSSR count). The van der Waals surface area contributed by atoms with E-state index >= 15 is 0 Å². The average Bonchev–Trinajstić information content (AvgIpc) is 3.52. The number of nitrogens with zero attached hydrogens (tertiary/aromatic N) is 3. The highest BCUT2D eigenvalue weighted by atomic mass is 28.3. The Balaban J connectivity index is 1.45. The van der Waals surface area contributed by atoms with Crippen LogP contribution in [-0.4, -0.2) is 55.2 Å². The summed E-state index contributed by atoms with van der Waals surface area (Å²) in [6, 6.07) is 20.5. The lowest BCUT2D eigenvalue weighted by atomic mass is 9.76. The third-order valence-electron chi connectivity index (χ3n) is 8.98. The summed E-state index contributed by atoms with van der Waals surface area (Å²) < 4.78 is 22.7. The fourth-order valence-electron chi connectivity index (χ4n) is 5.99. The van der Waals surface area contributed by atoms with Crippen LogP contribution in [0.4, 0.5) is 5.69 Å². The summed E-state index contributed by atoms with van der Waals surface area (Å²) in [5.74, 6) is 0. The molecule has 0 spiro atoms. The van der Waals surface area contributed by atoms with E-state index in [0.29, 0.717) is 20.1 Å². The van der Waals surface area contributed by atoms with E-state index in [1.165, 1.54) is 11.3 Å². The molecule has 47 heavy (non-hydrogen) atoms. The molecule has 1 unspecified atom stereocenters. The zero-order valence-electron chi connectivity index (χ0n) is 29.9. The predicted octanol–water partition coefficient (Wildman–Crippen LogP) is 8.55. The molecule has 0 fully saturated rings. The van der Waals surface area contributed by atoms with Crippen molar-refractivity contribution in [3.8, 4) is 11.4 Å². The number of aliphatic hydroxyl groups excluding tert-OH is 1. The number of aromatic nitrogens is 3. The molecular formula is C37H56N4O4Si2. The standard InChI is InChI=1S/C37H56N4O4Si2/c1-37(2)17-16-31-34(24-37)41(27-44-19-21-47(6,7)8)39-35(31)33-22-29-14-15-30(38-36(42)45-25-28-12-10-9-11-13-28)23-32(29)40(33)26-43-18-20-46(3,4)5/h9-15,22-23,36,38,42H,16-21,24-27H2,1-8H3. The number of aliphatic hydroxyl groups is 1. The van der Waals surface area contributed by atoms with Crippen LogP contribution >= 0.6 is 0 Å². The van der Waals surface area contributed by atoms with Crippen LogP contribution in [0.1, 0.15) is 37.1 Å². The fraction of sp³-hybridized carbons (Fsp3) is 0.541. The van der Waals surface area contributed by atoms with Crippen molar-refractivity contribution >= 4 is 32.7 Å². The monoisotopic (exact) mass is 676 g/mol.